The van der Waals surface area contributed by atoms with Crippen LogP contribution in [0.1, 0.15) is 32.1 Å². The lowest BCUT2D eigenvalue weighted by Gasteiger charge is -2.33. The molecule has 1 aliphatic heterocycles. The van der Waals surface area contributed by atoms with E-state index in [4.69, 9.17) is 4.74 Å². The topological polar surface area (TPSA) is 81.5 Å². The minimum atomic E-state index is -0.618. The smallest absolute Gasteiger partial charge is 0.328 e. The van der Waals surface area contributed by atoms with Gasteiger partial charge in [0.15, 0.2) is 0 Å². The van der Waals surface area contributed by atoms with E-state index in [2.05, 4.69) is 4.98 Å². The van der Waals surface area contributed by atoms with Crippen LogP contribution in [-0.4, -0.2) is 45.5 Å². The van der Waals surface area contributed by atoms with Gasteiger partial charge >= 0.3 is 5.97 Å². The van der Waals surface area contributed by atoms with E-state index < -0.39 is 23.4 Å². The molecule has 0 radical (unpaired) electrons. The highest BCUT2D eigenvalue weighted by atomic mass is 19.1. The summed E-state index contributed by atoms with van der Waals surface area (Å²) in [4.78, 5) is 43.8. The molecule has 1 aliphatic carbocycles. The molecule has 3 atom stereocenters. The SMILES string of the molecule is COC(=O)C1CC2CCCCC2N1C(=O)Cn1cnc2ccc(F)cc2c1=O. The van der Waals surface area contributed by atoms with Gasteiger partial charge in [-0.15, -0.1) is 0 Å². The summed E-state index contributed by atoms with van der Waals surface area (Å²) in [5.74, 6) is -0.994. The maximum absolute atomic E-state index is 13.5. The van der Waals surface area contributed by atoms with Crippen LogP contribution in [0.25, 0.3) is 10.9 Å². The van der Waals surface area contributed by atoms with Crippen LogP contribution < -0.4 is 5.56 Å². The minimum absolute atomic E-state index is 0.00749. The highest BCUT2D eigenvalue weighted by Crippen LogP contribution is 2.40. The number of fused-ring (bicyclic) bond motifs is 2. The summed E-state index contributed by atoms with van der Waals surface area (Å²) < 4.78 is 19.6. The number of carbonyl (C=O) groups is 2. The number of rotatable bonds is 3. The second-order valence-electron chi connectivity index (χ2n) is 7.53. The summed E-state index contributed by atoms with van der Waals surface area (Å²) in [6.07, 6.45) is 5.83. The van der Waals surface area contributed by atoms with E-state index in [9.17, 15) is 18.8 Å². The van der Waals surface area contributed by atoms with E-state index in [0.717, 1.165) is 31.7 Å². The summed E-state index contributed by atoms with van der Waals surface area (Å²) in [7, 11) is 1.32. The quantitative estimate of drug-likeness (QED) is 0.751. The number of aromatic nitrogens is 2. The first-order valence-electron chi connectivity index (χ1n) is 9.53. The van der Waals surface area contributed by atoms with Crippen LogP contribution in [0.15, 0.2) is 29.3 Å². The van der Waals surface area contributed by atoms with Gasteiger partial charge in [0.25, 0.3) is 5.56 Å². The lowest BCUT2D eigenvalue weighted by Crippen LogP contribution is -2.48. The Labute approximate surface area is 161 Å². The van der Waals surface area contributed by atoms with Crippen molar-refractivity contribution in [3.63, 3.8) is 0 Å². The Hall–Kier alpha value is -2.77. The predicted molar refractivity (Wildman–Crippen MR) is 99.0 cm³/mol. The summed E-state index contributed by atoms with van der Waals surface area (Å²) >= 11 is 0. The van der Waals surface area contributed by atoms with Gasteiger partial charge in [0.2, 0.25) is 5.91 Å². The van der Waals surface area contributed by atoms with E-state index in [-0.39, 0.29) is 29.8 Å². The molecule has 1 aromatic carbocycles. The maximum Gasteiger partial charge on any atom is 0.328 e. The molecule has 2 fully saturated rings. The fourth-order valence-corrected chi connectivity index (χ4v) is 4.64. The number of amides is 1. The molecule has 7 nitrogen and oxygen atoms in total. The summed E-state index contributed by atoms with van der Waals surface area (Å²) in [6.45, 7) is -0.241. The molecule has 2 heterocycles. The third kappa shape index (κ3) is 3.16. The number of nitrogens with zero attached hydrogens (tertiary/aromatic N) is 3. The Bertz CT molecular complexity index is 989. The number of esters is 1. The van der Waals surface area contributed by atoms with Crippen molar-refractivity contribution in [2.75, 3.05) is 7.11 Å². The molecule has 8 heteroatoms. The van der Waals surface area contributed by atoms with Crippen LogP contribution in [-0.2, 0) is 20.9 Å². The fourth-order valence-electron chi connectivity index (χ4n) is 4.64. The number of halogens is 1. The Morgan fingerprint density at radius 1 is 1.29 bits per heavy atom. The van der Waals surface area contributed by atoms with E-state index in [1.165, 1.54) is 30.1 Å². The molecule has 28 heavy (non-hydrogen) atoms. The first-order chi connectivity index (χ1) is 13.5. The van der Waals surface area contributed by atoms with Crippen LogP contribution in [0.5, 0.6) is 0 Å². The molecule has 0 N–H and O–H groups in total. The molecule has 3 unspecified atom stereocenters. The molecular weight excluding hydrogens is 365 g/mol. The molecule has 0 spiro atoms. The van der Waals surface area contributed by atoms with Crippen LogP contribution in [0.3, 0.4) is 0 Å². The average molecular weight is 387 g/mol. The second-order valence-corrected chi connectivity index (χ2v) is 7.53. The normalized spacial score (nSPS) is 24.2. The zero-order valence-electron chi connectivity index (χ0n) is 15.6. The van der Waals surface area contributed by atoms with Crippen molar-refractivity contribution in [1.29, 1.82) is 0 Å². The minimum Gasteiger partial charge on any atom is -0.467 e. The molecule has 1 amide bonds. The second kappa shape index (κ2) is 7.33. The number of likely N-dealkylation sites (tertiary alicyclic amines) is 1. The lowest BCUT2D eigenvalue weighted by atomic mass is 9.85. The van der Waals surface area contributed by atoms with Gasteiger partial charge in [0, 0.05) is 6.04 Å². The number of carbonyl (C=O) groups excluding carboxylic acids is 2. The Morgan fingerprint density at radius 3 is 2.86 bits per heavy atom. The first kappa shape index (κ1) is 18.6. The van der Waals surface area contributed by atoms with Gasteiger partial charge in [-0.3, -0.25) is 14.2 Å². The third-order valence-electron chi connectivity index (χ3n) is 5.94. The Morgan fingerprint density at radius 2 is 2.07 bits per heavy atom. The van der Waals surface area contributed by atoms with E-state index in [1.807, 2.05) is 0 Å². The maximum atomic E-state index is 13.5. The molecular formula is C20H22FN3O4. The van der Waals surface area contributed by atoms with Crippen molar-refractivity contribution < 1.29 is 18.7 Å². The summed E-state index contributed by atoms with van der Waals surface area (Å²) in [6, 6.07) is 3.16. The van der Waals surface area contributed by atoms with Crippen LogP contribution in [0, 0.1) is 11.7 Å². The predicted octanol–water partition coefficient (Wildman–Crippen LogP) is 1.87. The number of benzene rings is 1. The van der Waals surface area contributed by atoms with Gasteiger partial charge in [-0.1, -0.05) is 12.8 Å². The molecule has 2 aliphatic rings. The zero-order chi connectivity index (χ0) is 19.8. The molecule has 0 bridgehead atoms. The van der Waals surface area contributed by atoms with Crippen molar-refractivity contribution >= 4 is 22.8 Å². The fraction of sp³-hybridized carbons (Fsp3) is 0.500. The first-order valence-corrected chi connectivity index (χ1v) is 9.53. The molecule has 1 saturated heterocycles. The third-order valence-corrected chi connectivity index (χ3v) is 5.94. The van der Waals surface area contributed by atoms with Crippen molar-refractivity contribution in [3.8, 4) is 0 Å². The van der Waals surface area contributed by atoms with E-state index in [1.54, 1.807) is 4.90 Å². The van der Waals surface area contributed by atoms with Crippen LogP contribution in [0.4, 0.5) is 4.39 Å². The van der Waals surface area contributed by atoms with Crippen LogP contribution in [0.2, 0.25) is 0 Å². The van der Waals surface area contributed by atoms with Gasteiger partial charge in [-0.05, 0) is 43.4 Å². The summed E-state index contributed by atoms with van der Waals surface area (Å²) in [5, 5.41) is 0.122. The zero-order valence-corrected chi connectivity index (χ0v) is 15.6. The van der Waals surface area contributed by atoms with Gasteiger partial charge in [-0.25, -0.2) is 14.2 Å². The molecule has 1 aromatic heterocycles. The molecule has 2 aromatic rings. The standard InChI is InChI=1S/C20H22FN3O4/c1-28-20(27)17-8-12-4-2-3-5-16(12)24(17)18(25)10-23-11-22-15-7-6-13(21)9-14(15)19(23)26/h6-7,9,11-12,16-17H,2-5,8,10H2,1H3. The monoisotopic (exact) mass is 387 g/mol. The number of hydrogen-bond donors (Lipinski definition) is 0. The van der Waals surface area contributed by atoms with Gasteiger partial charge in [0.05, 0.1) is 24.3 Å². The van der Waals surface area contributed by atoms with E-state index in [0.29, 0.717) is 11.9 Å². The lowest BCUT2D eigenvalue weighted by molar-refractivity contribution is -0.152. The van der Waals surface area contributed by atoms with Gasteiger partial charge in [0.1, 0.15) is 18.4 Å². The van der Waals surface area contributed by atoms with Gasteiger partial charge in [-0.2, -0.15) is 0 Å². The molecule has 148 valence electrons. The largest absolute Gasteiger partial charge is 0.467 e. The molecule has 4 rings (SSSR count). The van der Waals surface area contributed by atoms with Crippen molar-refractivity contribution in [2.24, 2.45) is 5.92 Å². The highest BCUT2D eigenvalue weighted by Gasteiger charge is 2.47. The average Bonchev–Trinajstić information content (AvgIpc) is 3.09. The Balaban J connectivity index is 1.64. The number of hydrogen-bond acceptors (Lipinski definition) is 5. The van der Waals surface area contributed by atoms with Crippen molar-refractivity contribution in [3.05, 3.63) is 40.7 Å². The van der Waals surface area contributed by atoms with Crippen molar-refractivity contribution in [2.45, 2.75) is 50.7 Å². The number of ether oxygens (including phenoxy) is 1. The van der Waals surface area contributed by atoms with E-state index >= 15 is 0 Å². The number of methoxy groups -OCH3 is 1. The summed E-state index contributed by atoms with van der Waals surface area (Å²) in [5.41, 5.74) is -0.108. The van der Waals surface area contributed by atoms with Gasteiger partial charge < -0.3 is 9.64 Å². The molecule has 1 saturated carbocycles. The Kier molecular flexibility index (Phi) is 4.87. The highest BCUT2D eigenvalue weighted by molar-refractivity contribution is 5.86. The van der Waals surface area contributed by atoms with Crippen molar-refractivity contribution in [1.82, 2.24) is 14.5 Å². The van der Waals surface area contributed by atoms with Crippen LogP contribution >= 0.6 is 0 Å².